The number of carbonyl (C=O) groups is 6. The van der Waals surface area contributed by atoms with E-state index in [0.29, 0.717) is 38.5 Å². The van der Waals surface area contributed by atoms with Crippen LogP contribution in [0.15, 0.2) is 48.9 Å². The van der Waals surface area contributed by atoms with Gasteiger partial charge in [-0.15, -0.1) is 0 Å². The first-order valence-electron chi connectivity index (χ1n) is 39.4. The molecule has 0 spiro atoms. The zero-order valence-electron chi connectivity index (χ0n) is 68.6. The molecule has 0 aliphatic carbocycles. The molecular weight excluding hydrogens is 1400 g/mol. The molecule has 0 radical (unpaired) electrons. The van der Waals surface area contributed by atoms with Crippen molar-refractivity contribution in [2.45, 2.75) is 308 Å². The molecular formula is C82H142N2O24. The number of hydrogen-bond acceptors (Lipinski definition) is 24. The van der Waals surface area contributed by atoms with Crippen molar-refractivity contribution in [3.05, 3.63) is 48.9 Å². The molecule has 3 heterocycles. The monoisotopic (exact) mass is 1540 g/mol. The fourth-order valence-corrected chi connectivity index (χ4v) is 15.8. The van der Waals surface area contributed by atoms with Gasteiger partial charge in [0.2, 0.25) is 12.8 Å². The predicted molar refractivity (Wildman–Crippen MR) is 408 cm³/mol. The lowest BCUT2D eigenvalue weighted by atomic mass is 9.78. The molecule has 0 aromatic heterocycles. The van der Waals surface area contributed by atoms with E-state index in [2.05, 4.69) is 0 Å². The molecule has 3 aliphatic heterocycles. The second kappa shape index (κ2) is 49.9. The number of ketones is 2. The van der Waals surface area contributed by atoms with E-state index in [-0.39, 0.29) is 87.6 Å². The maximum atomic E-state index is 14.2. The zero-order valence-corrected chi connectivity index (χ0v) is 68.6. The van der Waals surface area contributed by atoms with Crippen LogP contribution in [-0.4, -0.2) is 266 Å². The number of hydrogen-bond donors (Lipinski definition) is 8. The Morgan fingerprint density at radius 2 is 0.833 bits per heavy atom. The molecule has 108 heavy (non-hydrogen) atoms. The molecule has 32 atom stereocenters. The van der Waals surface area contributed by atoms with Gasteiger partial charge in [0.05, 0.1) is 123 Å². The Hall–Kier alpha value is -4.46. The number of aliphatic hydroxyl groups excluding tert-OH is 8. The SMILES string of the molecule is COC1CC(O)CC(=O)OC(C(C)C(O)C(C)CCC(=O)C(C)C(OC)C(C)/C=C/N(C)C=O)C(C)C(O)CC(O)C(C)C(OC)CC2CC=CC(CC(OC)CC(O)CC(=O)OC(C(C)C(O)C(C)CCC(=O)C(C)C(OC)C(C)/C=C/N(C)C=O)C(C)C(O)CC(O)C(C)C(OC)CC3CC=CC(C1)O3)O2. The summed E-state index contributed by atoms with van der Waals surface area (Å²) in [5.74, 6) is -8.96. The lowest BCUT2D eigenvalue weighted by molar-refractivity contribution is -0.167. The van der Waals surface area contributed by atoms with E-state index in [4.69, 9.17) is 47.4 Å². The van der Waals surface area contributed by atoms with Gasteiger partial charge in [-0.25, -0.2) is 0 Å². The van der Waals surface area contributed by atoms with E-state index < -0.39 is 206 Å². The summed E-state index contributed by atoms with van der Waals surface area (Å²) in [6.07, 6.45) is 0.115. The Kier molecular flexibility index (Phi) is 45.2. The highest BCUT2D eigenvalue weighted by Crippen LogP contribution is 2.37. The highest BCUT2D eigenvalue weighted by atomic mass is 16.6. The summed E-state index contributed by atoms with van der Waals surface area (Å²) >= 11 is 0. The van der Waals surface area contributed by atoms with E-state index in [9.17, 15) is 69.6 Å². The van der Waals surface area contributed by atoms with E-state index in [1.807, 2.05) is 38.2 Å². The minimum Gasteiger partial charge on any atom is -0.462 e. The number of fused-ring (bicyclic) bond motifs is 4. The second-order valence-corrected chi connectivity index (χ2v) is 32.0. The molecule has 32 unspecified atom stereocenters. The van der Waals surface area contributed by atoms with E-state index >= 15 is 0 Å². The molecule has 3 aliphatic rings. The second-order valence-electron chi connectivity index (χ2n) is 32.0. The Labute approximate surface area is 645 Å². The minimum atomic E-state index is -1.30. The molecule has 26 heteroatoms. The average Bonchev–Trinajstić information content (AvgIpc) is 0.850. The largest absolute Gasteiger partial charge is 0.462 e. The molecule has 2 amide bonds. The van der Waals surface area contributed by atoms with Gasteiger partial charge in [0.15, 0.2) is 0 Å². The number of cyclic esters (lactones) is 2. The molecule has 26 nitrogen and oxygen atoms in total. The highest BCUT2D eigenvalue weighted by molar-refractivity contribution is 5.81. The van der Waals surface area contributed by atoms with Crippen molar-refractivity contribution in [2.75, 3.05) is 56.8 Å². The van der Waals surface area contributed by atoms with E-state index in [1.165, 1.54) is 52.5 Å². The predicted octanol–water partition coefficient (Wildman–Crippen LogP) is 7.66. The first-order chi connectivity index (χ1) is 50.9. The van der Waals surface area contributed by atoms with E-state index in [0.717, 1.165) is 0 Å². The Bertz CT molecular complexity index is 2540. The third kappa shape index (κ3) is 31.8. The number of ether oxygens (including phenoxy) is 10. The minimum absolute atomic E-state index is 0.00740. The first kappa shape index (κ1) is 97.7. The number of nitrogens with zero attached hydrogens (tertiary/aromatic N) is 2. The molecule has 4 bridgehead atoms. The molecule has 1 saturated heterocycles. The van der Waals surface area contributed by atoms with Crippen LogP contribution in [0.5, 0.6) is 0 Å². The first-order valence-corrected chi connectivity index (χ1v) is 39.4. The van der Waals surface area contributed by atoms with Gasteiger partial charge in [0.25, 0.3) is 0 Å². The van der Waals surface area contributed by atoms with Crippen molar-refractivity contribution in [3.63, 3.8) is 0 Å². The summed E-state index contributed by atoms with van der Waals surface area (Å²) in [4.78, 5) is 81.1. The summed E-state index contributed by atoms with van der Waals surface area (Å²) < 4.78 is 60.9. The van der Waals surface area contributed by atoms with Crippen molar-refractivity contribution in [1.29, 1.82) is 0 Å². The van der Waals surface area contributed by atoms with Crippen LogP contribution >= 0.6 is 0 Å². The lowest BCUT2D eigenvalue weighted by Gasteiger charge is -2.38. The van der Waals surface area contributed by atoms with Gasteiger partial charge in [-0.3, -0.25) is 28.8 Å². The summed E-state index contributed by atoms with van der Waals surface area (Å²) in [6.45, 7) is 21.3. The zero-order chi connectivity index (χ0) is 81.4. The van der Waals surface area contributed by atoms with E-state index in [1.54, 1.807) is 108 Å². The third-order valence-electron chi connectivity index (χ3n) is 23.6. The molecule has 0 aromatic rings. The van der Waals surface area contributed by atoms with Gasteiger partial charge < -0.3 is 98.0 Å². The maximum absolute atomic E-state index is 14.2. The Morgan fingerprint density at radius 1 is 0.500 bits per heavy atom. The molecule has 3 rings (SSSR count). The number of aliphatic hydroxyl groups is 8. The van der Waals surface area contributed by atoms with Crippen LogP contribution in [-0.2, 0) is 76.1 Å². The van der Waals surface area contributed by atoms with Crippen LogP contribution in [0.4, 0.5) is 0 Å². The van der Waals surface area contributed by atoms with Gasteiger partial charge in [-0.1, -0.05) is 120 Å². The average molecular weight is 1540 g/mol. The Balaban J connectivity index is 1.99. The fourth-order valence-electron chi connectivity index (χ4n) is 15.8. The summed E-state index contributed by atoms with van der Waals surface area (Å²) in [5.41, 5.74) is 0. The lowest BCUT2D eigenvalue weighted by Crippen LogP contribution is -2.46. The van der Waals surface area contributed by atoms with Gasteiger partial charge in [-0.05, 0) is 50.4 Å². The molecule has 8 N–H and O–H groups in total. The number of carbonyl (C=O) groups excluding carboxylic acids is 6. The topological polar surface area (TPSA) is 363 Å². The quantitative estimate of drug-likeness (QED) is 0.0194. The van der Waals surface area contributed by atoms with Crippen molar-refractivity contribution >= 4 is 36.3 Å². The Morgan fingerprint density at radius 3 is 1.14 bits per heavy atom. The summed E-state index contributed by atoms with van der Waals surface area (Å²) in [5, 5.41) is 95.6. The van der Waals surface area contributed by atoms with Gasteiger partial charge in [0, 0.05) is 180 Å². The van der Waals surface area contributed by atoms with Gasteiger partial charge >= 0.3 is 11.9 Å². The van der Waals surface area contributed by atoms with Crippen LogP contribution in [0.2, 0.25) is 0 Å². The van der Waals surface area contributed by atoms with Crippen LogP contribution in [0, 0.1) is 71.0 Å². The van der Waals surface area contributed by atoms with Gasteiger partial charge in [-0.2, -0.15) is 0 Å². The molecule has 0 saturated carbocycles. The van der Waals surface area contributed by atoms with Crippen molar-refractivity contribution in [1.82, 2.24) is 9.80 Å². The number of amides is 2. The van der Waals surface area contributed by atoms with Crippen molar-refractivity contribution in [2.24, 2.45) is 71.0 Å². The number of rotatable bonds is 30. The van der Waals surface area contributed by atoms with Crippen molar-refractivity contribution in [3.8, 4) is 0 Å². The van der Waals surface area contributed by atoms with Crippen molar-refractivity contribution < 1.29 is 117 Å². The normalized spacial score (nSPS) is 34.1. The fraction of sp³-hybridized carbons (Fsp3) is 0.829. The highest BCUT2D eigenvalue weighted by Gasteiger charge is 2.43. The summed E-state index contributed by atoms with van der Waals surface area (Å²) in [7, 11) is 12.3. The van der Waals surface area contributed by atoms with Crippen LogP contribution in [0.3, 0.4) is 0 Å². The number of methoxy groups -OCH3 is 6. The van der Waals surface area contributed by atoms with Crippen LogP contribution in [0.1, 0.15) is 186 Å². The van der Waals surface area contributed by atoms with Gasteiger partial charge in [0.1, 0.15) is 23.8 Å². The smallest absolute Gasteiger partial charge is 0.308 e. The maximum Gasteiger partial charge on any atom is 0.308 e. The number of Topliss-reactive ketones (excluding diaryl/α,β-unsaturated/α-hetero) is 2. The number of esters is 2. The van der Waals surface area contributed by atoms with Crippen LogP contribution in [0.25, 0.3) is 0 Å². The molecule has 0 aromatic carbocycles. The summed E-state index contributed by atoms with van der Waals surface area (Å²) in [6, 6.07) is 0. The standard InChI is InChI=1S/C82H142N2O24/c1-47(27-29-67(89)53(7)79(103-19)49(3)31-33-83(13)45-85)77(97)57(11)81-55(9)71(93)43-69(91)51(5)73(101-17)41-63-25-22-24-62(106-63)40-66(100-16)36-60(88)38-76(96)108-82(58(12)78(98)48(2)28-30-68(90)54(8)80(104-20)50(4)32-34-84(14)46-86)56(10)72(94)44-70(92)52(6)74(102-18)42-64-26-21-23-61(105-64)39-65(99-15)35-59(87)37-75(95)107-81/h21-24,31-34,45-66,69-74,77-82,87-88,91-94,97-98H,25-30,35-44H2,1-20H3/b33-31+,34-32+. The molecule has 624 valence electrons. The molecule has 1 fully saturated rings. The third-order valence-corrected chi connectivity index (χ3v) is 23.6. The van der Waals surface area contributed by atoms with Crippen LogP contribution < -0.4 is 0 Å².